The normalized spacial score (nSPS) is 19.0. The number of nitrogens with zero attached hydrogens (tertiary/aromatic N) is 3. The summed E-state index contributed by atoms with van der Waals surface area (Å²) >= 11 is 0. The van der Waals surface area contributed by atoms with E-state index in [9.17, 15) is 9.59 Å². The third kappa shape index (κ3) is 2.97. The predicted molar refractivity (Wildman–Crippen MR) is 94.7 cm³/mol. The SMILES string of the molecule is Cc1cc(C)n([C@H]2CCN(C(=O)Nc3ccc4c(c3)CC(=O)N4)C2)n1. The van der Waals surface area contributed by atoms with Crippen molar-refractivity contribution in [3.05, 3.63) is 41.2 Å². The maximum absolute atomic E-state index is 12.5. The first kappa shape index (κ1) is 15.7. The molecular formula is C18H21N5O2. The van der Waals surface area contributed by atoms with Crippen LogP contribution in [0.3, 0.4) is 0 Å². The zero-order valence-electron chi connectivity index (χ0n) is 14.4. The number of rotatable bonds is 2. The Balaban J connectivity index is 1.42. The van der Waals surface area contributed by atoms with Crippen molar-refractivity contribution >= 4 is 23.3 Å². The first-order valence-electron chi connectivity index (χ1n) is 8.51. The number of hydrogen-bond acceptors (Lipinski definition) is 3. The molecule has 0 unspecified atom stereocenters. The summed E-state index contributed by atoms with van der Waals surface area (Å²) in [7, 11) is 0. The van der Waals surface area contributed by atoms with Crippen LogP contribution in [0.25, 0.3) is 0 Å². The van der Waals surface area contributed by atoms with Gasteiger partial charge in [0.2, 0.25) is 5.91 Å². The minimum atomic E-state index is -0.110. The Morgan fingerprint density at radius 2 is 2.16 bits per heavy atom. The lowest BCUT2D eigenvalue weighted by atomic mass is 10.1. The molecule has 0 spiro atoms. The molecule has 2 N–H and O–H groups in total. The molecule has 0 bridgehead atoms. The van der Waals surface area contributed by atoms with Crippen LogP contribution in [0, 0.1) is 13.8 Å². The average molecular weight is 339 g/mol. The molecule has 2 aromatic rings. The van der Waals surface area contributed by atoms with Crippen LogP contribution in [0.5, 0.6) is 0 Å². The van der Waals surface area contributed by atoms with E-state index in [1.54, 1.807) is 0 Å². The highest BCUT2D eigenvalue weighted by Crippen LogP contribution is 2.27. The number of urea groups is 1. The minimum absolute atomic E-state index is 0.00857. The highest BCUT2D eigenvalue weighted by Gasteiger charge is 2.29. The Hall–Kier alpha value is -2.83. The number of amides is 3. The fraction of sp³-hybridized carbons (Fsp3) is 0.389. The Bertz CT molecular complexity index is 857. The van der Waals surface area contributed by atoms with E-state index < -0.39 is 0 Å². The third-order valence-corrected chi connectivity index (χ3v) is 4.82. The average Bonchev–Trinajstić information content (AvgIpc) is 3.24. The molecule has 7 heteroatoms. The third-order valence-electron chi connectivity index (χ3n) is 4.82. The van der Waals surface area contributed by atoms with Crippen LogP contribution < -0.4 is 10.6 Å². The van der Waals surface area contributed by atoms with Crippen LogP contribution in [0.4, 0.5) is 16.2 Å². The van der Waals surface area contributed by atoms with E-state index in [0.717, 1.165) is 34.7 Å². The molecule has 1 atom stereocenters. The Kier molecular flexibility index (Phi) is 3.71. The molecule has 0 saturated carbocycles. The summed E-state index contributed by atoms with van der Waals surface area (Å²) in [5, 5.41) is 10.3. The van der Waals surface area contributed by atoms with Gasteiger partial charge in [-0.1, -0.05) is 0 Å². The second-order valence-electron chi connectivity index (χ2n) is 6.79. The maximum atomic E-state index is 12.5. The smallest absolute Gasteiger partial charge is 0.321 e. The fourth-order valence-corrected chi connectivity index (χ4v) is 3.65. The van der Waals surface area contributed by atoms with Gasteiger partial charge < -0.3 is 15.5 Å². The molecule has 3 amide bonds. The zero-order chi connectivity index (χ0) is 17.6. The summed E-state index contributed by atoms with van der Waals surface area (Å²) in [6.45, 7) is 5.39. The van der Waals surface area contributed by atoms with Gasteiger partial charge in [0.1, 0.15) is 0 Å². The van der Waals surface area contributed by atoms with E-state index in [-0.39, 0.29) is 18.0 Å². The molecule has 2 aliphatic rings. The van der Waals surface area contributed by atoms with Gasteiger partial charge in [0.25, 0.3) is 0 Å². The van der Waals surface area contributed by atoms with Crippen LogP contribution in [0.1, 0.15) is 29.4 Å². The van der Waals surface area contributed by atoms with Gasteiger partial charge in [-0.3, -0.25) is 9.48 Å². The number of anilines is 2. The molecule has 0 aliphatic carbocycles. The van der Waals surface area contributed by atoms with Gasteiger partial charge in [0.05, 0.1) is 18.2 Å². The molecule has 3 heterocycles. The summed E-state index contributed by atoms with van der Waals surface area (Å²) in [5.41, 5.74) is 4.59. The number of fused-ring (bicyclic) bond motifs is 1. The van der Waals surface area contributed by atoms with Crippen LogP contribution in [-0.4, -0.2) is 39.7 Å². The molecule has 1 aromatic heterocycles. The number of aromatic nitrogens is 2. The van der Waals surface area contributed by atoms with E-state index >= 15 is 0 Å². The summed E-state index contributed by atoms with van der Waals surface area (Å²) in [4.78, 5) is 25.8. The van der Waals surface area contributed by atoms with Gasteiger partial charge in [0, 0.05) is 30.2 Å². The van der Waals surface area contributed by atoms with Crippen molar-refractivity contribution < 1.29 is 9.59 Å². The van der Waals surface area contributed by atoms with Gasteiger partial charge in [0.15, 0.2) is 0 Å². The lowest BCUT2D eigenvalue weighted by Crippen LogP contribution is -2.33. The van der Waals surface area contributed by atoms with E-state index in [1.165, 1.54) is 0 Å². The van der Waals surface area contributed by atoms with E-state index in [2.05, 4.69) is 21.8 Å². The predicted octanol–water partition coefficient (Wildman–Crippen LogP) is 2.47. The molecule has 25 heavy (non-hydrogen) atoms. The first-order chi connectivity index (χ1) is 12.0. The summed E-state index contributed by atoms with van der Waals surface area (Å²) in [6, 6.07) is 7.68. The van der Waals surface area contributed by atoms with Crippen molar-refractivity contribution in [2.24, 2.45) is 0 Å². The number of benzene rings is 1. The molecule has 1 fully saturated rings. The number of nitrogens with one attached hydrogen (secondary N) is 2. The van der Waals surface area contributed by atoms with Gasteiger partial charge in [-0.2, -0.15) is 5.10 Å². The van der Waals surface area contributed by atoms with Crippen molar-refractivity contribution in [2.75, 3.05) is 23.7 Å². The summed E-state index contributed by atoms with van der Waals surface area (Å²) in [6.07, 6.45) is 1.26. The van der Waals surface area contributed by atoms with Crippen molar-refractivity contribution in [2.45, 2.75) is 32.7 Å². The maximum Gasteiger partial charge on any atom is 0.321 e. The summed E-state index contributed by atoms with van der Waals surface area (Å²) in [5.74, 6) is -0.00857. The monoisotopic (exact) mass is 339 g/mol. The number of carbonyl (C=O) groups excluding carboxylic acids is 2. The quantitative estimate of drug-likeness (QED) is 0.882. The van der Waals surface area contributed by atoms with Crippen LogP contribution in [0.2, 0.25) is 0 Å². The number of hydrogen-bond donors (Lipinski definition) is 2. The van der Waals surface area contributed by atoms with E-state index in [0.29, 0.717) is 19.5 Å². The molecule has 0 radical (unpaired) electrons. The lowest BCUT2D eigenvalue weighted by molar-refractivity contribution is -0.115. The van der Waals surface area contributed by atoms with Gasteiger partial charge in [-0.05, 0) is 50.1 Å². The van der Waals surface area contributed by atoms with Crippen molar-refractivity contribution in [3.8, 4) is 0 Å². The van der Waals surface area contributed by atoms with Gasteiger partial charge in [-0.25, -0.2) is 4.79 Å². The Morgan fingerprint density at radius 3 is 2.92 bits per heavy atom. The zero-order valence-corrected chi connectivity index (χ0v) is 14.4. The second-order valence-corrected chi connectivity index (χ2v) is 6.79. The van der Waals surface area contributed by atoms with Gasteiger partial charge in [-0.15, -0.1) is 0 Å². The molecule has 2 aliphatic heterocycles. The van der Waals surface area contributed by atoms with Crippen molar-refractivity contribution in [1.82, 2.24) is 14.7 Å². The first-order valence-corrected chi connectivity index (χ1v) is 8.51. The standard InChI is InChI=1S/C18H21N5O2/c1-11-7-12(2)23(21-11)15-5-6-22(10-15)18(25)19-14-3-4-16-13(8-14)9-17(24)20-16/h3-4,7-8,15H,5-6,9-10H2,1-2H3,(H,19,25)(H,20,24)/t15-/m0/s1. The Labute approximate surface area is 146 Å². The fourth-order valence-electron chi connectivity index (χ4n) is 3.65. The van der Waals surface area contributed by atoms with E-state index in [1.807, 2.05) is 41.6 Å². The Morgan fingerprint density at radius 1 is 1.32 bits per heavy atom. The summed E-state index contributed by atoms with van der Waals surface area (Å²) < 4.78 is 2.02. The lowest BCUT2D eigenvalue weighted by Gasteiger charge is -2.18. The van der Waals surface area contributed by atoms with Crippen LogP contribution in [0.15, 0.2) is 24.3 Å². The highest BCUT2D eigenvalue weighted by atomic mass is 16.2. The minimum Gasteiger partial charge on any atom is -0.326 e. The van der Waals surface area contributed by atoms with E-state index in [4.69, 9.17) is 0 Å². The van der Waals surface area contributed by atoms with Crippen LogP contribution >= 0.6 is 0 Å². The largest absolute Gasteiger partial charge is 0.326 e. The molecular weight excluding hydrogens is 318 g/mol. The number of aryl methyl sites for hydroxylation is 2. The molecule has 4 rings (SSSR count). The number of carbonyl (C=O) groups is 2. The topological polar surface area (TPSA) is 79.3 Å². The molecule has 130 valence electrons. The highest BCUT2D eigenvalue weighted by molar-refractivity contribution is 6.00. The van der Waals surface area contributed by atoms with Gasteiger partial charge >= 0.3 is 6.03 Å². The van der Waals surface area contributed by atoms with Crippen LogP contribution in [-0.2, 0) is 11.2 Å². The molecule has 7 nitrogen and oxygen atoms in total. The molecule has 1 aromatic carbocycles. The molecule has 1 saturated heterocycles. The van der Waals surface area contributed by atoms with Crippen molar-refractivity contribution in [3.63, 3.8) is 0 Å². The number of likely N-dealkylation sites (tertiary alicyclic amines) is 1. The second kappa shape index (κ2) is 5.91. The van der Waals surface area contributed by atoms with Crippen molar-refractivity contribution in [1.29, 1.82) is 0 Å².